The molecule has 0 atom stereocenters. The van der Waals surface area contributed by atoms with Crippen molar-refractivity contribution in [3.63, 3.8) is 0 Å². The van der Waals surface area contributed by atoms with Gasteiger partial charge in [-0.1, -0.05) is 76.6 Å². The van der Waals surface area contributed by atoms with Crippen LogP contribution in [0, 0.1) is 0 Å². The van der Waals surface area contributed by atoms with Gasteiger partial charge in [-0.3, -0.25) is 0 Å². The van der Waals surface area contributed by atoms with Crippen LogP contribution in [-0.4, -0.2) is 35.7 Å². The predicted octanol–water partition coefficient (Wildman–Crippen LogP) is 7.70. The van der Waals surface area contributed by atoms with Gasteiger partial charge in [0.25, 0.3) is 0 Å². The van der Waals surface area contributed by atoms with Crippen molar-refractivity contribution in [2.75, 3.05) is 19.7 Å². The van der Waals surface area contributed by atoms with Crippen LogP contribution in [0.15, 0.2) is 82.6 Å². The largest absolute Gasteiger partial charge is 0.448 e. The Bertz CT molecular complexity index is 1310. The SMILES string of the molecule is O=C(OCC1c2ccccc2-c2ccccc21)N1CCC(c2csc(-c3ccc(Br)cc3)n2)CC1. The number of benzene rings is 3. The molecule has 6 rings (SSSR count). The van der Waals surface area contributed by atoms with Gasteiger partial charge >= 0.3 is 6.09 Å². The van der Waals surface area contributed by atoms with Crippen molar-refractivity contribution in [3.05, 3.63) is 99.5 Å². The first-order valence-electron chi connectivity index (χ1n) is 12.0. The molecule has 1 amide bonds. The molecule has 176 valence electrons. The number of halogens is 1. The van der Waals surface area contributed by atoms with Crippen LogP contribution in [0.1, 0.15) is 41.5 Å². The van der Waals surface area contributed by atoms with E-state index in [9.17, 15) is 4.79 Å². The fourth-order valence-electron chi connectivity index (χ4n) is 5.24. The number of carbonyl (C=O) groups excluding carboxylic acids is 1. The molecule has 0 unspecified atom stereocenters. The molecule has 1 fully saturated rings. The lowest BCUT2D eigenvalue weighted by Crippen LogP contribution is -2.38. The van der Waals surface area contributed by atoms with Crippen LogP contribution in [0.3, 0.4) is 0 Å². The molecule has 2 heterocycles. The maximum absolute atomic E-state index is 12.9. The summed E-state index contributed by atoms with van der Waals surface area (Å²) < 4.78 is 6.93. The quantitative estimate of drug-likeness (QED) is 0.264. The number of thiazole rings is 1. The Labute approximate surface area is 217 Å². The van der Waals surface area contributed by atoms with Crippen LogP contribution < -0.4 is 0 Å². The number of piperidine rings is 1. The highest BCUT2D eigenvalue weighted by Gasteiger charge is 2.31. The van der Waals surface area contributed by atoms with Crippen LogP contribution >= 0.6 is 27.3 Å². The van der Waals surface area contributed by atoms with Crippen molar-refractivity contribution in [2.24, 2.45) is 0 Å². The van der Waals surface area contributed by atoms with E-state index in [4.69, 9.17) is 9.72 Å². The zero-order valence-electron chi connectivity index (χ0n) is 19.2. The van der Waals surface area contributed by atoms with Crippen LogP contribution in [0.25, 0.3) is 21.7 Å². The summed E-state index contributed by atoms with van der Waals surface area (Å²) in [6.45, 7) is 1.77. The van der Waals surface area contributed by atoms with Crippen molar-refractivity contribution in [3.8, 4) is 21.7 Å². The average molecular weight is 546 g/mol. The van der Waals surface area contributed by atoms with Gasteiger partial charge in [-0.05, 0) is 47.2 Å². The van der Waals surface area contributed by atoms with Gasteiger partial charge < -0.3 is 9.64 Å². The number of hydrogen-bond donors (Lipinski definition) is 0. The summed E-state index contributed by atoms with van der Waals surface area (Å²) in [5, 5.41) is 3.22. The number of nitrogens with zero attached hydrogens (tertiary/aromatic N) is 2. The molecule has 3 aromatic carbocycles. The molecule has 0 radical (unpaired) electrons. The Morgan fingerprint density at radius 3 is 2.23 bits per heavy atom. The van der Waals surface area contributed by atoms with E-state index in [1.54, 1.807) is 11.3 Å². The van der Waals surface area contributed by atoms with Crippen molar-refractivity contribution in [2.45, 2.75) is 24.7 Å². The van der Waals surface area contributed by atoms with Gasteiger partial charge in [0.15, 0.2) is 0 Å². The number of carbonyl (C=O) groups is 1. The molecule has 0 bridgehead atoms. The molecule has 0 saturated carbocycles. The lowest BCUT2D eigenvalue weighted by atomic mass is 9.94. The number of fused-ring (bicyclic) bond motifs is 3. The third-order valence-corrected chi connectivity index (χ3v) is 8.56. The molecular formula is C29H25BrN2O2S. The van der Waals surface area contributed by atoms with E-state index in [-0.39, 0.29) is 12.0 Å². The fraction of sp³-hybridized carbons (Fsp3) is 0.241. The Morgan fingerprint density at radius 1 is 0.943 bits per heavy atom. The van der Waals surface area contributed by atoms with Gasteiger partial charge in [0.05, 0.1) is 5.69 Å². The van der Waals surface area contributed by atoms with Gasteiger partial charge in [0.2, 0.25) is 0 Å². The standard InChI is InChI=1S/C29H25BrN2O2S/c30-21-11-9-20(10-12-21)28-31-27(18-35-28)19-13-15-32(16-14-19)29(33)34-17-26-24-7-3-1-5-22(24)23-6-2-4-8-25(23)26/h1-12,18-19,26H,13-17H2. The minimum Gasteiger partial charge on any atom is -0.448 e. The topological polar surface area (TPSA) is 42.4 Å². The maximum atomic E-state index is 12.9. The van der Waals surface area contributed by atoms with Gasteiger partial charge in [0, 0.05) is 40.3 Å². The molecule has 2 aliphatic rings. The van der Waals surface area contributed by atoms with Crippen molar-refractivity contribution in [1.29, 1.82) is 0 Å². The third kappa shape index (κ3) is 4.41. The van der Waals surface area contributed by atoms with Gasteiger partial charge in [-0.25, -0.2) is 9.78 Å². The van der Waals surface area contributed by atoms with E-state index in [2.05, 4.69) is 82.0 Å². The lowest BCUT2D eigenvalue weighted by molar-refractivity contribution is 0.0902. The molecule has 1 aromatic heterocycles. The fourth-order valence-corrected chi connectivity index (χ4v) is 6.41. The van der Waals surface area contributed by atoms with Crippen LogP contribution in [-0.2, 0) is 4.74 Å². The van der Waals surface area contributed by atoms with Gasteiger partial charge in [-0.2, -0.15) is 0 Å². The van der Waals surface area contributed by atoms with E-state index in [1.807, 2.05) is 17.0 Å². The minimum atomic E-state index is -0.209. The van der Waals surface area contributed by atoms with Crippen molar-refractivity contribution < 1.29 is 9.53 Å². The van der Waals surface area contributed by atoms with E-state index in [1.165, 1.54) is 22.3 Å². The number of amides is 1. The summed E-state index contributed by atoms with van der Waals surface area (Å²) in [6, 6.07) is 25.1. The zero-order chi connectivity index (χ0) is 23.8. The number of likely N-dealkylation sites (tertiary alicyclic amines) is 1. The van der Waals surface area contributed by atoms with E-state index in [0.29, 0.717) is 25.6 Å². The minimum absolute atomic E-state index is 0.0935. The molecular weight excluding hydrogens is 520 g/mol. The van der Waals surface area contributed by atoms with E-state index >= 15 is 0 Å². The second kappa shape index (κ2) is 9.59. The zero-order valence-corrected chi connectivity index (χ0v) is 21.6. The average Bonchev–Trinajstić information content (AvgIpc) is 3.52. The molecule has 0 spiro atoms. The number of aromatic nitrogens is 1. The van der Waals surface area contributed by atoms with Crippen LogP contribution in [0.4, 0.5) is 4.79 Å². The Morgan fingerprint density at radius 2 is 1.57 bits per heavy atom. The highest BCUT2D eigenvalue weighted by molar-refractivity contribution is 9.10. The first-order chi connectivity index (χ1) is 17.2. The molecule has 6 heteroatoms. The molecule has 1 aliphatic carbocycles. The Hall–Kier alpha value is -2.96. The van der Waals surface area contributed by atoms with Crippen molar-refractivity contribution >= 4 is 33.4 Å². The maximum Gasteiger partial charge on any atom is 0.409 e. The number of ether oxygens (including phenoxy) is 1. The summed E-state index contributed by atoms with van der Waals surface area (Å²) in [5.74, 6) is 0.476. The molecule has 4 nitrogen and oxygen atoms in total. The highest BCUT2D eigenvalue weighted by atomic mass is 79.9. The molecule has 0 N–H and O–H groups in total. The number of rotatable bonds is 4. The second-order valence-electron chi connectivity index (χ2n) is 9.15. The first-order valence-corrected chi connectivity index (χ1v) is 13.7. The smallest absolute Gasteiger partial charge is 0.409 e. The number of hydrogen-bond acceptors (Lipinski definition) is 4. The Balaban J connectivity index is 1.07. The Kier molecular flexibility index (Phi) is 6.17. The second-order valence-corrected chi connectivity index (χ2v) is 10.9. The van der Waals surface area contributed by atoms with E-state index < -0.39 is 0 Å². The first kappa shape index (κ1) is 22.5. The van der Waals surface area contributed by atoms with Crippen LogP contribution in [0.2, 0.25) is 0 Å². The molecule has 35 heavy (non-hydrogen) atoms. The summed E-state index contributed by atoms with van der Waals surface area (Å²) in [6.07, 6.45) is 1.61. The van der Waals surface area contributed by atoms with Gasteiger partial charge in [0.1, 0.15) is 11.6 Å². The van der Waals surface area contributed by atoms with Crippen molar-refractivity contribution in [1.82, 2.24) is 9.88 Å². The monoisotopic (exact) mass is 544 g/mol. The molecule has 4 aromatic rings. The summed E-state index contributed by atoms with van der Waals surface area (Å²) in [4.78, 5) is 19.7. The third-order valence-electron chi connectivity index (χ3n) is 7.12. The lowest BCUT2D eigenvalue weighted by Gasteiger charge is -2.31. The van der Waals surface area contributed by atoms with Crippen LogP contribution in [0.5, 0.6) is 0 Å². The summed E-state index contributed by atoms with van der Waals surface area (Å²) in [7, 11) is 0. The highest BCUT2D eigenvalue weighted by Crippen LogP contribution is 2.44. The van der Waals surface area contributed by atoms with Gasteiger partial charge in [-0.15, -0.1) is 11.3 Å². The normalized spacial score (nSPS) is 15.6. The molecule has 1 aliphatic heterocycles. The summed E-state index contributed by atoms with van der Waals surface area (Å²) >= 11 is 5.18. The van der Waals surface area contributed by atoms with E-state index in [0.717, 1.165) is 33.6 Å². The molecule has 1 saturated heterocycles. The summed E-state index contributed by atoms with van der Waals surface area (Å²) in [5.41, 5.74) is 7.25. The predicted molar refractivity (Wildman–Crippen MR) is 144 cm³/mol.